The standard InChI is InChI=1S/C54H36N4O/c1-54(2)45-23-9-6-20-39(45)43-32-48-44(31-46(43)54)40-21-7-10-24-47(40)58(48)38-19-13-18-36(29-38)52-55-51(35-17-12-16-34(28-35)33-14-4-3-5-15-33)56-53(57-52)37-26-27-42-41-22-8-11-25-49(41)59-50(42)30-37/h3-32H,1-2H3. The Kier molecular flexibility index (Phi) is 7.20. The summed E-state index contributed by atoms with van der Waals surface area (Å²) >= 11 is 0. The molecule has 0 unspecified atom stereocenters. The van der Waals surface area contributed by atoms with Gasteiger partial charge in [-0.2, -0.15) is 0 Å². The monoisotopic (exact) mass is 756 g/mol. The van der Waals surface area contributed by atoms with Gasteiger partial charge in [-0.25, -0.2) is 15.0 Å². The molecule has 0 spiro atoms. The summed E-state index contributed by atoms with van der Waals surface area (Å²) in [7, 11) is 0. The first-order chi connectivity index (χ1) is 29.0. The summed E-state index contributed by atoms with van der Waals surface area (Å²) in [4.78, 5) is 15.6. The molecule has 5 nitrogen and oxygen atoms in total. The van der Waals surface area contributed by atoms with Crippen LogP contribution in [0, 0.1) is 0 Å². The molecule has 12 rings (SSSR count). The summed E-state index contributed by atoms with van der Waals surface area (Å²) in [6, 6.07) is 64.2. The zero-order chi connectivity index (χ0) is 39.2. The predicted molar refractivity (Wildman–Crippen MR) is 241 cm³/mol. The zero-order valence-electron chi connectivity index (χ0n) is 32.5. The van der Waals surface area contributed by atoms with Crippen LogP contribution in [-0.4, -0.2) is 19.5 Å². The van der Waals surface area contributed by atoms with Crippen LogP contribution in [0.15, 0.2) is 186 Å². The molecule has 3 heterocycles. The molecule has 8 aromatic carbocycles. The summed E-state index contributed by atoms with van der Waals surface area (Å²) in [5, 5.41) is 4.62. The Labute approximate surface area is 340 Å². The van der Waals surface area contributed by atoms with Gasteiger partial charge in [-0.05, 0) is 88.0 Å². The van der Waals surface area contributed by atoms with Crippen molar-refractivity contribution in [2.45, 2.75) is 19.3 Å². The SMILES string of the molecule is CC1(C)c2ccccc2-c2cc3c(cc21)c1ccccc1n3-c1cccc(-c2nc(-c3cccc(-c4ccccc4)c3)nc(-c3ccc4c(c3)oc3ccccc34)n2)c1. The summed E-state index contributed by atoms with van der Waals surface area (Å²) in [6.45, 7) is 4.69. The van der Waals surface area contributed by atoms with Gasteiger partial charge in [-0.3, -0.25) is 0 Å². The fourth-order valence-corrected chi connectivity index (χ4v) is 9.32. The Morgan fingerprint density at radius 1 is 0.390 bits per heavy atom. The molecule has 278 valence electrons. The predicted octanol–water partition coefficient (Wildman–Crippen LogP) is 13.8. The van der Waals surface area contributed by atoms with E-state index in [-0.39, 0.29) is 5.41 Å². The molecule has 3 aromatic heterocycles. The Balaban J connectivity index is 1.05. The number of rotatable bonds is 5. The van der Waals surface area contributed by atoms with E-state index in [1.165, 1.54) is 38.5 Å². The van der Waals surface area contributed by atoms with Crippen LogP contribution in [0.25, 0.3) is 106 Å². The lowest BCUT2D eigenvalue weighted by Gasteiger charge is -2.21. The summed E-state index contributed by atoms with van der Waals surface area (Å²) in [5.41, 5.74) is 15.2. The van der Waals surface area contributed by atoms with Crippen molar-refractivity contribution in [1.82, 2.24) is 19.5 Å². The minimum absolute atomic E-state index is 0.0904. The van der Waals surface area contributed by atoms with Crippen LogP contribution in [0.3, 0.4) is 0 Å². The number of fused-ring (bicyclic) bond motifs is 9. The third kappa shape index (κ3) is 5.21. The van der Waals surface area contributed by atoms with E-state index in [0.29, 0.717) is 17.5 Å². The lowest BCUT2D eigenvalue weighted by atomic mass is 9.82. The second-order valence-electron chi connectivity index (χ2n) is 16.1. The minimum atomic E-state index is -0.0904. The highest BCUT2D eigenvalue weighted by atomic mass is 16.3. The van der Waals surface area contributed by atoms with E-state index in [9.17, 15) is 0 Å². The molecule has 0 aliphatic heterocycles. The topological polar surface area (TPSA) is 56.7 Å². The average molecular weight is 757 g/mol. The van der Waals surface area contributed by atoms with Crippen molar-refractivity contribution in [2.75, 3.05) is 0 Å². The summed E-state index contributed by atoms with van der Waals surface area (Å²) in [6.07, 6.45) is 0. The van der Waals surface area contributed by atoms with Gasteiger partial charge in [-0.1, -0.05) is 141 Å². The van der Waals surface area contributed by atoms with Crippen LogP contribution >= 0.6 is 0 Å². The van der Waals surface area contributed by atoms with E-state index in [1.54, 1.807) is 0 Å². The van der Waals surface area contributed by atoms with E-state index in [4.69, 9.17) is 19.4 Å². The number of nitrogens with zero attached hydrogens (tertiary/aromatic N) is 4. The maximum absolute atomic E-state index is 6.32. The van der Waals surface area contributed by atoms with Crippen LogP contribution in [0.1, 0.15) is 25.0 Å². The van der Waals surface area contributed by atoms with Crippen molar-refractivity contribution in [3.63, 3.8) is 0 Å². The van der Waals surface area contributed by atoms with E-state index in [1.807, 2.05) is 30.3 Å². The van der Waals surface area contributed by atoms with Crippen LogP contribution in [-0.2, 0) is 5.41 Å². The second-order valence-corrected chi connectivity index (χ2v) is 16.1. The normalized spacial score (nSPS) is 13.1. The van der Waals surface area contributed by atoms with Crippen LogP contribution in [0.2, 0.25) is 0 Å². The van der Waals surface area contributed by atoms with Crippen LogP contribution < -0.4 is 0 Å². The molecule has 1 aliphatic rings. The van der Waals surface area contributed by atoms with Crippen molar-refractivity contribution in [3.05, 3.63) is 193 Å². The van der Waals surface area contributed by atoms with Gasteiger partial charge in [0.15, 0.2) is 17.5 Å². The molecule has 11 aromatic rings. The molecule has 1 aliphatic carbocycles. The minimum Gasteiger partial charge on any atom is -0.456 e. The average Bonchev–Trinajstić information content (AvgIpc) is 3.90. The molecule has 0 N–H and O–H groups in total. The van der Waals surface area contributed by atoms with Gasteiger partial charge in [-0.15, -0.1) is 0 Å². The van der Waals surface area contributed by atoms with Crippen molar-refractivity contribution in [1.29, 1.82) is 0 Å². The lowest BCUT2D eigenvalue weighted by molar-refractivity contribution is 0.661. The van der Waals surface area contributed by atoms with Crippen molar-refractivity contribution >= 4 is 43.7 Å². The highest BCUT2D eigenvalue weighted by Crippen LogP contribution is 2.51. The molecule has 0 amide bonds. The van der Waals surface area contributed by atoms with Gasteiger partial charge in [0.1, 0.15) is 11.2 Å². The molecule has 0 bridgehead atoms. The Hall–Kier alpha value is -7.63. The first-order valence-corrected chi connectivity index (χ1v) is 20.1. The molecule has 0 saturated carbocycles. The number of hydrogen-bond acceptors (Lipinski definition) is 4. The van der Waals surface area contributed by atoms with Gasteiger partial charge in [0.25, 0.3) is 0 Å². The molecule has 0 atom stereocenters. The fraction of sp³-hybridized carbons (Fsp3) is 0.0556. The summed E-state index contributed by atoms with van der Waals surface area (Å²) in [5.74, 6) is 1.78. The quantitative estimate of drug-likeness (QED) is 0.175. The molecule has 0 saturated heterocycles. The van der Waals surface area contributed by atoms with E-state index >= 15 is 0 Å². The molecule has 59 heavy (non-hydrogen) atoms. The number of aromatic nitrogens is 4. The highest BCUT2D eigenvalue weighted by Gasteiger charge is 2.36. The second kappa shape index (κ2) is 12.7. The van der Waals surface area contributed by atoms with Gasteiger partial charge >= 0.3 is 0 Å². The van der Waals surface area contributed by atoms with Gasteiger partial charge < -0.3 is 8.98 Å². The van der Waals surface area contributed by atoms with Gasteiger partial charge in [0, 0.05) is 49.3 Å². The summed E-state index contributed by atoms with van der Waals surface area (Å²) < 4.78 is 8.71. The van der Waals surface area contributed by atoms with Crippen LogP contribution in [0.4, 0.5) is 0 Å². The van der Waals surface area contributed by atoms with Crippen LogP contribution in [0.5, 0.6) is 0 Å². The van der Waals surface area contributed by atoms with Crippen molar-refractivity contribution < 1.29 is 4.42 Å². The molecule has 5 heteroatoms. The zero-order valence-corrected chi connectivity index (χ0v) is 32.5. The number of furan rings is 1. The Bertz CT molecular complexity index is 3480. The maximum atomic E-state index is 6.32. The number of para-hydroxylation sites is 2. The lowest BCUT2D eigenvalue weighted by Crippen LogP contribution is -2.14. The van der Waals surface area contributed by atoms with E-state index < -0.39 is 0 Å². The fourth-order valence-electron chi connectivity index (χ4n) is 9.32. The number of benzene rings is 8. The molecular formula is C54H36N4O. The first kappa shape index (κ1) is 33.5. The highest BCUT2D eigenvalue weighted by molar-refractivity contribution is 6.11. The third-order valence-electron chi connectivity index (χ3n) is 12.2. The smallest absolute Gasteiger partial charge is 0.164 e. The van der Waals surface area contributed by atoms with Crippen molar-refractivity contribution in [3.8, 4) is 62.1 Å². The Morgan fingerprint density at radius 2 is 1.02 bits per heavy atom. The van der Waals surface area contributed by atoms with Crippen molar-refractivity contribution in [2.24, 2.45) is 0 Å². The van der Waals surface area contributed by atoms with E-state index in [0.717, 1.165) is 61.0 Å². The van der Waals surface area contributed by atoms with Gasteiger partial charge in [0.2, 0.25) is 0 Å². The van der Waals surface area contributed by atoms with E-state index in [2.05, 4.69) is 170 Å². The Morgan fingerprint density at radius 3 is 1.85 bits per heavy atom. The largest absolute Gasteiger partial charge is 0.456 e. The first-order valence-electron chi connectivity index (χ1n) is 20.1. The maximum Gasteiger partial charge on any atom is 0.164 e. The van der Waals surface area contributed by atoms with Gasteiger partial charge in [0.05, 0.1) is 11.0 Å². The molecule has 0 radical (unpaired) electrons. The molecule has 0 fully saturated rings. The number of hydrogen-bond donors (Lipinski definition) is 0. The third-order valence-corrected chi connectivity index (χ3v) is 12.2. The molecular weight excluding hydrogens is 721 g/mol.